The molecule has 2 aromatic heterocycles. The first-order valence-electron chi connectivity index (χ1n) is 5.69. The second-order valence-corrected chi connectivity index (χ2v) is 4.32. The average molecular weight is 267 g/mol. The van der Waals surface area contributed by atoms with Crippen molar-refractivity contribution in [1.82, 2.24) is 19.5 Å². The quantitative estimate of drug-likeness (QED) is 0.491. The normalized spacial score (nSPS) is 31.1. The molecule has 9 nitrogen and oxygen atoms in total. The topological polar surface area (TPSA) is 140 Å². The maximum atomic E-state index is 9.95. The van der Waals surface area contributed by atoms with Gasteiger partial charge in [0.05, 0.1) is 19.1 Å². The Balaban J connectivity index is 2.03. The number of aliphatic hydroxyl groups is 3. The molecule has 0 radical (unpaired) electrons. The van der Waals surface area contributed by atoms with Gasteiger partial charge in [0.25, 0.3) is 0 Å². The lowest BCUT2D eigenvalue weighted by molar-refractivity contribution is -0.0511. The van der Waals surface area contributed by atoms with E-state index in [-0.39, 0.29) is 5.95 Å². The van der Waals surface area contributed by atoms with Crippen molar-refractivity contribution in [1.29, 1.82) is 0 Å². The Bertz CT molecular complexity index is 603. The van der Waals surface area contributed by atoms with Crippen LogP contribution in [0.2, 0.25) is 0 Å². The van der Waals surface area contributed by atoms with Gasteiger partial charge in [-0.1, -0.05) is 0 Å². The van der Waals surface area contributed by atoms with Gasteiger partial charge in [0.2, 0.25) is 5.95 Å². The Hall–Kier alpha value is -1.81. The highest BCUT2D eigenvalue weighted by Crippen LogP contribution is 2.31. The van der Waals surface area contributed by atoms with Crippen LogP contribution in [0.1, 0.15) is 6.23 Å². The van der Waals surface area contributed by atoms with E-state index in [0.717, 1.165) is 0 Å². The lowest BCUT2D eigenvalue weighted by atomic mass is 10.1. The third-order valence-electron chi connectivity index (χ3n) is 3.13. The van der Waals surface area contributed by atoms with Crippen LogP contribution in [0.3, 0.4) is 0 Å². The number of nitrogens with zero attached hydrogens (tertiary/aromatic N) is 4. The highest BCUT2D eigenvalue weighted by atomic mass is 16.6. The summed E-state index contributed by atoms with van der Waals surface area (Å²) < 4.78 is 6.85. The zero-order valence-electron chi connectivity index (χ0n) is 9.79. The number of hydrogen-bond acceptors (Lipinski definition) is 8. The van der Waals surface area contributed by atoms with Gasteiger partial charge in [0.1, 0.15) is 23.8 Å². The Morgan fingerprint density at radius 3 is 2.79 bits per heavy atom. The van der Waals surface area contributed by atoms with E-state index in [2.05, 4.69) is 15.0 Å². The van der Waals surface area contributed by atoms with Crippen molar-refractivity contribution < 1.29 is 20.1 Å². The molecule has 1 aliphatic rings. The average Bonchev–Trinajstić information content (AvgIpc) is 2.92. The predicted octanol–water partition coefficient (Wildman–Crippen LogP) is -1.98. The smallest absolute Gasteiger partial charge is 0.222 e. The molecule has 2 aromatic rings. The van der Waals surface area contributed by atoms with Gasteiger partial charge < -0.3 is 25.8 Å². The fourth-order valence-corrected chi connectivity index (χ4v) is 2.14. The lowest BCUT2D eigenvalue weighted by Gasteiger charge is -2.16. The molecule has 0 saturated carbocycles. The SMILES string of the molecule is Nc1ncc2ncn([C@@H]3O[C@H](CO)[C@H](O)C3O)c2n1. The zero-order valence-corrected chi connectivity index (χ0v) is 9.79. The number of nitrogen functional groups attached to an aromatic ring is 1. The molecule has 1 unspecified atom stereocenters. The Kier molecular flexibility index (Phi) is 2.82. The van der Waals surface area contributed by atoms with Crippen molar-refractivity contribution in [2.24, 2.45) is 0 Å². The minimum absolute atomic E-state index is 0.0704. The van der Waals surface area contributed by atoms with Gasteiger partial charge in [-0.25, -0.2) is 9.97 Å². The van der Waals surface area contributed by atoms with E-state index < -0.39 is 31.1 Å². The van der Waals surface area contributed by atoms with Crippen LogP contribution < -0.4 is 5.73 Å². The zero-order chi connectivity index (χ0) is 13.6. The van der Waals surface area contributed by atoms with Crippen LogP contribution in [0.15, 0.2) is 12.5 Å². The van der Waals surface area contributed by atoms with Crippen molar-refractivity contribution in [3.8, 4) is 0 Å². The summed E-state index contributed by atoms with van der Waals surface area (Å²) in [4.78, 5) is 11.9. The fourth-order valence-electron chi connectivity index (χ4n) is 2.14. The minimum atomic E-state index is -1.19. The summed E-state index contributed by atoms with van der Waals surface area (Å²) in [7, 11) is 0. The molecule has 4 atom stereocenters. The summed E-state index contributed by atoms with van der Waals surface area (Å²) in [6.07, 6.45) is -1.23. The summed E-state index contributed by atoms with van der Waals surface area (Å²) in [5.41, 5.74) is 6.39. The first-order chi connectivity index (χ1) is 9.11. The van der Waals surface area contributed by atoms with Crippen molar-refractivity contribution in [3.63, 3.8) is 0 Å². The van der Waals surface area contributed by atoms with Gasteiger partial charge in [-0.15, -0.1) is 0 Å². The van der Waals surface area contributed by atoms with Crippen molar-refractivity contribution in [3.05, 3.63) is 12.5 Å². The van der Waals surface area contributed by atoms with Gasteiger partial charge in [-0.05, 0) is 0 Å². The number of hydrogen-bond donors (Lipinski definition) is 4. The third kappa shape index (κ3) is 1.83. The predicted molar refractivity (Wildman–Crippen MR) is 62.7 cm³/mol. The van der Waals surface area contributed by atoms with Crippen LogP contribution in [0.4, 0.5) is 5.95 Å². The molecule has 1 fully saturated rings. The molecule has 102 valence electrons. The maximum Gasteiger partial charge on any atom is 0.222 e. The molecule has 0 amide bonds. The monoisotopic (exact) mass is 267 g/mol. The van der Waals surface area contributed by atoms with Crippen LogP contribution in [0, 0.1) is 0 Å². The standard InChI is InChI=1S/C10H13N5O4/c11-10-12-1-4-8(14-10)15(3-13-4)9-7(18)6(17)5(2-16)19-9/h1,3,5-7,9,16-18H,2H2,(H2,11,12,14)/t5-,6+,7?,9-/m1/s1. The Morgan fingerprint density at radius 1 is 1.32 bits per heavy atom. The number of ether oxygens (including phenoxy) is 1. The summed E-state index contributed by atoms with van der Waals surface area (Å²) in [6, 6.07) is 0. The summed E-state index contributed by atoms with van der Waals surface area (Å²) in [5, 5.41) is 28.7. The second kappa shape index (κ2) is 4.38. The van der Waals surface area contributed by atoms with Crippen LogP contribution in [-0.4, -0.2) is 59.8 Å². The number of aliphatic hydroxyl groups excluding tert-OH is 3. The third-order valence-corrected chi connectivity index (χ3v) is 3.13. The van der Waals surface area contributed by atoms with Gasteiger partial charge >= 0.3 is 0 Å². The van der Waals surface area contributed by atoms with Crippen molar-refractivity contribution >= 4 is 17.1 Å². The van der Waals surface area contributed by atoms with E-state index in [4.69, 9.17) is 15.6 Å². The van der Waals surface area contributed by atoms with E-state index in [9.17, 15) is 10.2 Å². The molecule has 1 saturated heterocycles. The largest absolute Gasteiger partial charge is 0.394 e. The molecule has 3 heterocycles. The Labute approximate surface area is 107 Å². The number of anilines is 1. The van der Waals surface area contributed by atoms with Crippen LogP contribution in [0.25, 0.3) is 11.2 Å². The van der Waals surface area contributed by atoms with Crippen LogP contribution >= 0.6 is 0 Å². The molecular formula is C10H13N5O4. The van der Waals surface area contributed by atoms with Crippen molar-refractivity contribution in [2.45, 2.75) is 24.5 Å². The van der Waals surface area contributed by atoms with Gasteiger partial charge in [0, 0.05) is 0 Å². The molecule has 0 aromatic carbocycles. The molecule has 9 heteroatoms. The molecule has 0 spiro atoms. The van der Waals surface area contributed by atoms with Gasteiger partial charge in [-0.3, -0.25) is 4.57 Å². The number of fused-ring (bicyclic) bond motifs is 1. The molecule has 19 heavy (non-hydrogen) atoms. The molecule has 1 aliphatic heterocycles. The van der Waals surface area contributed by atoms with E-state index >= 15 is 0 Å². The molecule has 3 rings (SSSR count). The first-order valence-corrected chi connectivity index (χ1v) is 5.69. The molecular weight excluding hydrogens is 254 g/mol. The van der Waals surface area contributed by atoms with E-state index in [1.807, 2.05) is 0 Å². The van der Waals surface area contributed by atoms with Crippen LogP contribution in [-0.2, 0) is 4.74 Å². The number of nitrogens with two attached hydrogens (primary N) is 1. The van der Waals surface area contributed by atoms with Crippen LogP contribution in [0.5, 0.6) is 0 Å². The van der Waals surface area contributed by atoms with E-state index in [0.29, 0.717) is 11.2 Å². The lowest BCUT2D eigenvalue weighted by Crippen LogP contribution is -2.33. The number of imidazole rings is 1. The van der Waals surface area contributed by atoms with E-state index in [1.54, 1.807) is 0 Å². The maximum absolute atomic E-state index is 9.95. The summed E-state index contributed by atoms with van der Waals surface area (Å²) in [6.45, 7) is -0.390. The molecule has 5 N–H and O–H groups in total. The first kappa shape index (κ1) is 12.2. The molecule has 0 aliphatic carbocycles. The van der Waals surface area contributed by atoms with E-state index in [1.165, 1.54) is 17.1 Å². The van der Waals surface area contributed by atoms with Crippen molar-refractivity contribution in [2.75, 3.05) is 12.3 Å². The fraction of sp³-hybridized carbons (Fsp3) is 0.500. The second-order valence-electron chi connectivity index (χ2n) is 4.32. The molecule has 0 bridgehead atoms. The highest BCUT2D eigenvalue weighted by molar-refractivity contribution is 5.70. The Morgan fingerprint density at radius 2 is 2.11 bits per heavy atom. The minimum Gasteiger partial charge on any atom is -0.394 e. The van der Waals surface area contributed by atoms with Gasteiger partial charge in [0.15, 0.2) is 11.9 Å². The number of aromatic nitrogens is 4. The summed E-state index contributed by atoms with van der Waals surface area (Å²) >= 11 is 0. The van der Waals surface area contributed by atoms with Gasteiger partial charge in [-0.2, -0.15) is 4.98 Å². The number of rotatable bonds is 2. The highest BCUT2D eigenvalue weighted by Gasteiger charge is 2.43. The summed E-state index contributed by atoms with van der Waals surface area (Å²) in [5.74, 6) is 0.0704.